The van der Waals surface area contributed by atoms with Crippen LogP contribution in [0.5, 0.6) is 0 Å². The average molecular weight is 429 g/mol. The molecule has 2 aliphatic heterocycles. The van der Waals surface area contributed by atoms with Crippen LogP contribution in [0.15, 0.2) is 0 Å². The molecule has 0 aliphatic carbocycles. The van der Waals surface area contributed by atoms with Crippen molar-refractivity contribution in [2.45, 2.75) is 103 Å². The van der Waals surface area contributed by atoms with Gasteiger partial charge in [0.25, 0.3) is 0 Å². The molecule has 172 valence electrons. The highest BCUT2D eigenvalue weighted by atomic mass is 16.7. The van der Waals surface area contributed by atoms with E-state index in [0.29, 0.717) is 25.7 Å². The van der Waals surface area contributed by atoms with E-state index >= 15 is 0 Å². The van der Waals surface area contributed by atoms with Gasteiger partial charge in [-0.1, -0.05) is 6.92 Å². The van der Waals surface area contributed by atoms with Gasteiger partial charge in [-0.05, 0) is 27.2 Å². The summed E-state index contributed by atoms with van der Waals surface area (Å²) >= 11 is 0. The van der Waals surface area contributed by atoms with Gasteiger partial charge in [-0.15, -0.1) is 0 Å². The summed E-state index contributed by atoms with van der Waals surface area (Å²) < 4.78 is 28.8. The summed E-state index contributed by atoms with van der Waals surface area (Å²) in [4.78, 5) is 36.0. The van der Waals surface area contributed by atoms with Crippen LogP contribution in [0.1, 0.15) is 73.1 Å². The molecule has 8 nitrogen and oxygen atoms in total. The van der Waals surface area contributed by atoms with Crippen LogP contribution in [0.4, 0.5) is 0 Å². The van der Waals surface area contributed by atoms with Crippen molar-refractivity contribution in [2.24, 2.45) is 5.41 Å². The van der Waals surface area contributed by atoms with E-state index in [1.165, 1.54) is 6.92 Å². The van der Waals surface area contributed by atoms with E-state index in [1.807, 2.05) is 6.92 Å². The predicted molar refractivity (Wildman–Crippen MR) is 108 cm³/mol. The van der Waals surface area contributed by atoms with Gasteiger partial charge in [0.2, 0.25) is 0 Å². The first-order valence-electron chi connectivity index (χ1n) is 10.7. The van der Waals surface area contributed by atoms with Gasteiger partial charge in [0.1, 0.15) is 24.6 Å². The van der Waals surface area contributed by atoms with Gasteiger partial charge in [0.15, 0.2) is 5.79 Å². The quantitative estimate of drug-likeness (QED) is 0.571. The first-order chi connectivity index (χ1) is 14.0. The summed E-state index contributed by atoms with van der Waals surface area (Å²) in [6, 6.07) is 0. The minimum Gasteiger partial charge on any atom is -0.463 e. The minimum atomic E-state index is -1.12. The Morgan fingerprint density at radius 3 is 2.47 bits per heavy atom. The van der Waals surface area contributed by atoms with Crippen LogP contribution in [-0.2, 0) is 38.1 Å². The zero-order chi connectivity index (χ0) is 22.5. The van der Waals surface area contributed by atoms with Gasteiger partial charge in [-0.3, -0.25) is 14.4 Å². The highest BCUT2D eigenvalue weighted by Gasteiger charge is 2.49. The van der Waals surface area contributed by atoms with Crippen molar-refractivity contribution in [1.29, 1.82) is 0 Å². The molecule has 0 aromatic heterocycles. The van der Waals surface area contributed by atoms with Crippen LogP contribution in [0.2, 0.25) is 0 Å². The molecule has 0 radical (unpaired) electrons. The lowest BCUT2D eigenvalue weighted by Gasteiger charge is -2.47. The normalized spacial score (nSPS) is 30.7. The molecule has 0 amide bonds. The number of esters is 2. The van der Waals surface area contributed by atoms with Crippen molar-refractivity contribution in [2.75, 3.05) is 13.7 Å². The summed E-state index contributed by atoms with van der Waals surface area (Å²) in [7, 11) is 1.62. The van der Waals surface area contributed by atoms with Crippen LogP contribution in [0.25, 0.3) is 0 Å². The van der Waals surface area contributed by atoms with E-state index in [9.17, 15) is 14.4 Å². The van der Waals surface area contributed by atoms with Gasteiger partial charge >= 0.3 is 11.9 Å². The Hall–Kier alpha value is -1.51. The molecule has 1 unspecified atom stereocenters. The molecule has 2 saturated heterocycles. The Balaban J connectivity index is 2.08. The Kier molecular flexibility index (Phi) is 8.42. The van der Waals surface area contributed by atoms with Crippen molar-refractivity contribution < 1.29 is 38.1 Å². The Morgan fingerprint density at radius 1 is 1.23 bits per heavy atom. The predicted octanol–water partition coefficient (Wildman–Crippen LogP) is 2.95. The second kappa shape index (κ2) is 10.2. The monoisotopic (exact) mass is 428 g/mol. The number of ether oxygens (including phenoxy) is 5. The summed E-state index contributed by atoms with van der Waals surface area (Å²) in [6.45, 7) is 8.65. The SMILES string of the molecule is CCC(C[C@@H]1C[C@H](OC)C[C@@]2(CC(=O)C[C@H](COC(=O)C(C)(C)C)O2)O1)OC(C)=O. The molecule has 8 heteroatoms. The Labute approximate surface area is 178 Å². The van der Waals surface area contributed by atoms with Crippen molar-refractivity contribution in [3.63, 3.8) is 0 Å². The highest BCUT2D eigenvalue weighted by Crippen LogP contribution is 2.40. The maximum atomic E-state index is 12.5. The third-order valence-corrected chi connectivity index (χ3v) is 5.41. The molecule has 0 aromatic rings. The highest BCUT2D eigenvalue weighted by molar-refractivity contribution is 5.80. The lowest BCUT2D eigenvalue weighted by atomic mass is 9.89. The van der Waals surface area contributed by atoms with E-state index < -0.39 is 17.3 Å². The number of ketones is 1. The molecule has 2 rings (SSSR count). The fraction of sp³-hybridized carbons (Fsp3) is 0.864. The number of rotatable bonds is 7. The number of methoxy groups -OCH3 is 1. The van der Waals surface area contributed by atoms with Crippen LogP contribution in [0, 0.1) is 5.41 Å². The van der Waals surface area contributed by atoms with Crippen molar-refractivity contribution in [3.05, 3.63) is 0 Å². The molecule has 2 heterocycles. The van der Waals surface area contributed by atoms with Gasteiger partial charge in [0.05, 0.1) is 24.0 Å². The average Bonchev–Trinajstić information content (AvgIpc) is 2.63. The molecule has 0 N–H and O–H groups in total. The minimum absolute atomic E-state index is 0.000299. The van der Waals surface area contributed by atoms with E-state index in [1.54, 1.807) is 27.9 Å². The van der Waals surface area contributed by atoms with Crippen molar-refractivity contribution >= 4 is 17.7 Å². The summed E-state index contributed by atoms with van der Waals surface area (Å²) in [6.07, 6.45) is 1.23. The van der Waals surface area contributed by atoms with Gasteiger partial charge < -0.3 is 23.7 Å². The molecule has 0 aromatic carbocycles. The smallest absolute Gasteiger partial charge is 0.311 e. The fourth-order valence-electron chi connectivity index (χ4n) is 3.95. The van der Waals surface area contributed by atoms with Crippen molar-refractivity contribution in [3.8, 4) is 0 Å². The molecule has 1 spiro atoms. The summed E-state index contributed by atoms with van der Waals surface area (Å²) in [5.74, 6) is -1.80. The van der Waals surface area contributed by atoms with Crippen molar-refractivity contribution in [1.82, 2.24) is 0 Å². The van der Waals surface area contributed by atoms with Crippen LogP contribution in [0.3, 0.4) is 0 Å². The first kappa shape index (κ1) is 24.8. The third-order valence-electron chi connectivity index (χ3n) is 5.41. The molecule has 0 saturated carbocycles. The fourth-order valence-corrected chi connectivity index (χ4v) is 3.95. The number of Topliss-reactive ketones (excluding diaryl/α,β-unsaturated/α-hetero) is 1. The molecule has 5 atom stereocenters. The lowest BCUT2D eigenvalue weighted by molar-refractivity contribution is -0.325. The molecule has 2 aliphatic rings. The van der Waals surface area contributed by atoms with Crippen LogP contribution >= 0.6 is 0 Å². The van der Waals surface area contributed by atoms with E-state index in [4.69, 9.17) is 23.7 Å². The molecule has 2 fully saturated rings. The summed E-state index contributed by atoms with van der Waals surface area (Å²) in [5, 5.41) is 0. The third kappa shape index (κ3) is 7.03. The summed E-state index contributed by atoms with van der Waals surface area (Å²) in [5.41, 5.74) is -0.629. The maximum Gasteiger partial charge on any atom is 0.311 e. The standard InChI is InChI=1S/C22H36O8/c1-7-16(28-14(2)23)9-17-10-18(26-6)12-22(29-17)11-15(24)8-19(30-22)13-27-20(25)21(3,4)5/h16-19H,7-13H2,1-6H3/t16?,17-,18+,19-,22+/m1/s1. The van der Waals surface area contributed by atoms with Crippen LogP contribution in [-0.4, -0.2) is 61.6 Å². The second-order valence-electron chi connectivity index (χ2n) is 9.33. The second-order valence-corrected chi connectivity index (χ2v) is 9.33. The van der Waals surface area contributed by atoms with E-state index in [0.717, 1.165) is 0 Å². The number of hydrogen-bond donors (Lipinski definition) is 0. The molecule has 0 bridgehead atoms. The Morgan fingerprint density at radius 2 is 1.90 bits per heavy atom. The number of carbonyl (C=O) groups is 3. The van der Waals surface area contributed by atoms with Gasteiger partial charge in [-0.25, -0.2) is 0 Å². The lowest BCUT2D eigenvalue weighted by Crippen LogP contribution is -2.55. The van der Waals surface area contributed by atoms with Gasteiger partial charge in [-0.2, -0.15) is 0 Å². The number of hydrogen-bond acceptors (Lipinski definition) is 8. The molecule has 30 heavy (non-hydrogen) atoms. The van der Waals surface area contributed by atoms with E-state index in [2.05, 4.69) is 0 Å². The zero-order valence-electron chi connectivity index (χ0n) is 19.0. The molecular formula is C22H36O8. The molecular weight excluding hydrogens is 392 g/mol. The largest absolute Gasteiger partial charge is 0.463 e. The first-order valence-corrected chi connectivity index (χ1v) is 10.7. The van der Waals surface area contributed by atoms with Gasteiger partial charge in [0, 0.05) is 39.7 Å². The van der Waals surface area contributed by atoms with Crippen LogP contribution < -0.4 is 0 Å². The Bertz CT molecular complexity index is 625. The zero-order valence-corrected chi connectivity index (χ0v) is 19.0. The number of carbonyl (C=O) groups excluding carboxylic acids is 3. The maximum absolute atomic E-state index is 12.5. The topological polar surface area (TPSA) is 97.4 Å². The van der Waals surface area contributed by atoms with E-state index in [-0.39, 0.29) is 55.5 Å².